The average Bonchev–Trinajstić information content (AvgIpc) is 2.56. The minimum atomic E-state index is -0.668. The Labute approximate surface area is 178 Å². The molecule has 0 bridgehead atoms. The molecule has 0 unspecified atom stereocenters. The summed E-state index contributed by atoms with van der Waals surface area (Å²) in [6.45, 7) is 16.1. The third kappa shape index (κ3) is 4.69. The van der Waals surface area contributed by atoms with Crippen molar-refractivity contribution in [1.82, 2.24) is 5.32 Å². The van der Waals surface area contributed by atoms with Crippen LogP contribution >= 0.6 is 0 Å². The van der Waals surface area contributed by atoms with Crippen LogP contribution in [0.5, 0.6) is 5.75 Å². The van der Waals surface area contributed by atoms with Crippen LogP contribution in [0.4, 0.5) is 0 Å². The Kier molecular flexibility index (Phi) is 5.76. The first kappa shape index (κ1) is 22.3. The molecular weight excluding hydrogens is 380 g/mol. The molecule has 3 rings (SSSR count). The Morgan fingerprint density at radius 2 is 1.73 bits per heavy atom. The van der Waals surface area contributed by atoms with Crippen LogP contribution in [0, 0.1) is 20.8 Å². The van der Waals surface area contributed by atoms with Crippen molar-refractivity contribution < 1.29 is 19.3 Å². The number of carbonyl (C=O) groups is 1. The number of carbonyl (C=O) groups excluding carboxylic acids is 1. The largest absolute Gasteiger partial charge is 0.480 e. The summed E-state index contributed by atoms with van der Waals surface area (Å²) in [6.07, 6.45) is 1.15. The quantitative estimate of drug-likeness (QED) is 0.752. The predicted molar refractivity (Wildman–Crippen MR) is 118 cm³/mol. The minimum absolute atomic E-state index is 0.0721. The normalized spacial score (nSPS) is 19.5. The van der Waals surface area contributed by atoms with E-state index in [1.165, 1.54) is 0 Å². The van der Waals surface area contributed by atoms with Gasteiger partial charge in [0.05, 0.1) is 16.5 Å². The second kappa shape index (κ2) is 7.73. The molecule has 1 aromatic carbocycles. The third-order valence-corrected chi connectivity index (χ3v) is 6.00. The standard InChI is InChI=1S/C24H34N2O4/c1-13-9-18(20-14(2)15(3)22(28)30-19(20)10-13)29-16(4)21(27)25-17-11-23(5,6)26-24(7,8)12-17/h9-10,16-17,26H,11-12H2,1-8H3,(H,25,27)/p+1/t16-/m1/s1. The lowest BCUT2D eigenvalue weighted by Crippen LogP contribution is -3.06. The maximum absolute atomic E-state index is 12.9. The Bertz CT molecular complexity index is 1020. The Balaban J connectivity index is 1.83. The highest BCUT2D eigenvalue weighted by molar-refractivity contribution is 5.89. The van der Waals surface area contributed by atoms with Crippen LogP contribution in [0.25, 0.3) is 11.0 Å². The molecule has 1 saturated heterocycles. The van der Waals surface area contributed by atoms with Crippen molar-refractivity contribution in [2.75, 3.05) is 0 Å². The molecule has 0 spiro atoms. The Morgan fingerprint density at radius 1 is 1.13 bits per heavy atom. The molecule has 1 atom stereocenters. The second-order valence-corrected chi connectivity index (χ2v) is 10.3. The molecule has 1 amide bonds. The summed E-state index contributed by atoms with van der Waals surface area (Å²) in [7, 11) is 0. The number of quaternary nitrogens is 1. The molecule has 0 aliphatic carbocycles. The van der Waals surface area contributed by atoms with E-state index in [1.54, 1.807) is 13.8 Å². The molecule has 164 valence electrons. The molecule has 6 nitrogen and oxygen atoms in total. The third-order valence-electron chi connectivity index (χ3n) is 6.00. The molecule has 1 aliphatic heterocycles. The van der Waals surface area contributed by atoms with Gasteiger partial charge in [0, 0.05) is 24.4 Å². The van der Waals surface area contributed by atoms with Crippen molar-refractivity contribution in [2.45, 2.75) is 91.5 Å². The van der Waals surface area contributed by atoms with Gasteiger partial charge in [-0.3, -0.25) is 4.79 Å². The van der Waals surface area contributed by atoms with Crippen LogP contribution in [0.15, 0.2) is 21.3 Å². The number of piperidine rings is 1. The zero-order valence-electron chi connectivity index (χ0n) is 19.4. The molecule has 1 aromatic heterocycles. The van der Waals surface area contributed by atoms with E-state index >= 15 is 0 Å². The van der Waals surface area contributed by atoms with Gasteiger partial charge in [-0.05, 0) is 78.6 Å². The molecule has 2 heterocycles. The highest BCUT2D eigenvalue weighted by atomic mass is 16.5. The van der Waals surface area contributed by atoms with Gasteiger partial charge in [0.25, 0.3) is 5.91 Å². The SMILES string of the molecule is Cc1cc(O[C@H](C)C(=O)NC2CC(C)(C)[NH2+]C(C)(C)C2)c2c(C)c(C)c(=O)oc2c1. The molecule has 0 radical (unpaired) electrons. The van der Waals surface area contributed by atoms with E-state index in [2.05, 4.69) is 38.3 Å². The van der Waals surface area contributed by atoms with Gasteiger partial charge in [-0.15, -0.1) is 0 Å². The minimum Gasteiger partial charge on any atom is -0.480 e. The van der Waals surface area contributed by atoms with Gasteiger partial charge in [0.1, 0.15) is 11.3 Å². The molecular formula is C24H35N2O4+. The summed E-state index contributed by atoms with van der Waals surface area (Å²) in [5, 5.41) is 6.32. The van der Waals surface area contributed by atoms with Crippen molar-refractivity contribution in [3.8, 4) is 5.75 Å². The second-order valence-electron chi connectivity index (χ2n) is 10.3. The van der Waals surface area contributed by atoms with Crippen molar-refractivity contribution in [3.05, 3.63) is 39.2 Å². The van der Waals surface area contributed by atoms with Crippen LogP contribution in [-0.2, 0) is 4.79 Å². The summed E-state index contributed by atoms with van der Waals surface area (Å²) in [5.41, 5.74) is 2.55. The first-order valence-corrected chi connectivity index (χ1v) is 10.7. The maximum atomic E-state index is 12.9. The molecule has 3 N–H and O–H groups in total. The van der Waals surface area contributed by atoms with Gasteiger partial charge in [-0.1, -0.05) is 0 Å². The van der Waals surface area contributed by atoms with Crippen molar-refractivity contribution in [1.29, 1.82) is 0 Å². The molecule has 30 heavy (non-hydrogen) atoms. The maximum Gasteiger partial charge on any atom is 0.339 e. The smallest absolute Gasteiger partial charge is 0.339 e. The molecule has 1 aliphatic rings. The van der Waals surface area contributed by atoms with Gasteiger partial charge in [0.2, 0.25) is 0 Å². The van der Waals surface area contributed by atoms with E-state index in [0.29, 0.717) is 16.9 Å². The van der Waals surface area contributed by atoms with E-state index in [4.69, 9.17) is 9.15 Å². The van der Waals surface area contributed by atoms with Crippen LogP contribution < -0.4 is 21.0 Å². The summed E-state index contributed by atoms with van der Waals surface area (Å²) in [6, 6.07) is 3.82. The summed E-state index contributed by atoms with van der Waals surface area (Å²) in [5.74, 6) is 0.435. The van der Waals surface area contributed by atoms with E-state index in [1.807, 2.05) is 26.0 Å². The number of nitrogens with two attached hydrogens (primary N) is 1. The lowest BCUT2D eigenvalue weighted by atomic mass is 9.79. The lowest BCUT2D eigenvalue weighted by molar-refractivity contribution is -0.787. The number of benzene rings is 1. The fourth-order valence-corrected chi connectivity index (χ4v) is 4.96. The number of nitrogens with one attached hydrogen (secondary N) is 1. The molecule has 2 aromatic rings. The van der Waals surface area contributed by atoms with Gasteiger partial charge in [-0.25, -0.2) is 4.79 Å². The van der Waals surface area contributed by atoms with Gasteiger partial charge in [-0.2, -0.15) is 0 Å². The number of hydrogen-bond donors (Lipinski definition) is 2. The topological polar surface area (TPSA) is 85.1 Å². The van der Waals surface area contributed by atoms with Gasteiger partial charge < -0.3 is 19.8 Å². The van der Waals surface area contributed by atoms with Crippen molar-refractivity contribution in [2.24, 2.45) is 0 Å². The number of hydrogen-bond acceptors (Lipinski definition) is 4. The van der Waals surface area contributed by atoms with E-state index in [9.17, 15) is 9.59 Å². The number of aryl methyl sites for hydroxylation is 2. The summed E-state index contributed by atoms with van der Waals surface area (Å²) in [4.78, 5) is 25.0. The number of rotatable bonds is 4. The molecule has 1 fully saturated rings. The van der Waals surface area contributed by atoms with E-state index in [0.717, 1.165) is 29.4 Å². The Morgan fingerprint density at radius 3 is 2.33 bits per heavy atom. The predicted octanol–water partition coefficient (Wildman–Crippen LogP) is 2.88. The molecule has 6 heteroatoms. The fourth-order valence-electron chi connectivity index (χ4n) is 4.96. The van der Waals surface area contributed by atoms with Crippen molar-refractivity contribution in [3.63, 3.8) is 0 Å². The van der Waals surface area contributed by atoms with Crippen LogP contribution in [0.2, 0.25) is 0 Å². The monoisotopic (exact) mass is 415 g/mol. The van der Waals surface area contributed by atoms with Gasteiger partial charge >= 0.3 is 5.63 Å². The van der Waals surface area contributed by atoms with Gasteiger partial charge in [0.15, 0.2) is 6.10 Å². The number of ether oxygens (including phenoxy) is 1. The number of amides is 1. The number of fused-ring (bicyclic) bond motifs is 1. The van der Waals surface area contributed by atoms with E-state index in [-0.39, 0.29) is 28.7 Å². The first-order chi connectivity index (χ1) is 13.8. The fraction of sp³-hybridized carbons (Fsp3) is 0.583. The van der Waals surface area contributed by atoms with Crippen LogP contribution in [-0.4, -0.2) is 29.1 Å². The van der Waals surface area contributed by atoms with E-state index < -0.39 is 6.10 Å². The first-order valence-electron chi connectivity index (χ1n) is 10.7. The molecule has 0 saturated carbocycles. The summed E-state index contributed by atoms with van der Waals surface area (Å²) < 4.78 is 11.6. The highest BCUT2D eigenvalue weighted by Crippen LogP contribution is 2.31. The highest BCUT2D eigenvalue weighted by Gasteiger charge is 2.42. The van der Waals surface area contributed by atoms with Crippen LogP contribution in [0.1, 0.15) is 64.2 Å². The van der Waals surface area contributed by atoms with Crippen molar-refractivity contribution >= 4 is 16.9 Å². The summed E-state index contributed by atoms with van der Waals surface area (Å²) >= 11 is 0. The zero-order valence-corrected chi connectivity index (χ0v) is 19.4. The average molecular weight is 416 g/mol. The zero-order chi connectivity index (χ0) is 22.4. The lowest BCUT2D eigenvalue weighted by Gasteiger charge is -2.43. The Hall–Kier alpha value is -2.34. The van der Waals surface area contributed by atoms with Crippen LogP contribution in [0.3, 0.4) is 0 Å².